The Morgan fingerprint density at radius 1 is 1.21 bits per heavy atom. The van der Waals surface area contributed by atoms with Crippen molar-refractivity contribution in [1.82, 2.24) is 9.97 Å². The molecule has 7 atom stereocenters. The average molecular weight is 524 g/mol. The number of carboxylic acid groups (broad SMARTS) is 1. The van der Waals surface area contributed by atoms with Gasteiger partial charge in [0.25, 0.3) is 0 Å². The second kappa shape index (κ2) is 10.2. The van der Waals surface area contributed by atoms with E-state index in [9.17, 15) is 14.7 Å². The Balaban J connectivity index is 1.39. The molecule has 4 heterocycles. The van der Waals surface area contributed by atoms with Crippen LogP contribution in [0.1, 0.15) is 73.7 Å². The molecule has 1 aromatic carbocycles. The molecule has 0 radical (unpaired) electrons. The van der Waals surface area contributed by atoms with Gasteiger partial charge in [0, 0.05) is 31.5 Å². The summed E-state index contributed by atoms with van der Waals surface area (Å²) in [5, 5.41) is 12.7. The maximum Gasteiger partial charge on any atom is 0.340 e. The van der Waals surface area contributed by atoms with Crippen molar-refractivity contribution in [2.45, 2.75) is 71.4 Å². The molecule has 2 aliphatic heterocycles. The number of Topliss-reactive ketones (excluding diaryl/α,β-unsaturated/α-hetero) is 1. The van der Waals surface area contributed by atoms with Gasteiger partial charge in [0.15, 0.2) is 23.0 Å². The number of aromatic nitrogens is 2. The Morgan fingerprint density at radius 3 is 2.68 bits per heavy atom. The fraction of sp³-hybridized carbons (Fsp3) is 0.552. The number of ether oxygens (including phenoxy) is 2. The number of aromatic carboxylic acids is 1. The number of aromatic amines is 1. The number of nitrogens with one attached hydrogen (secondary N) is 2. The van der Waals surface area contributed by atoms with Crippen LogP contribution in [-0.4, -0.2) is 51.9 Å². The Labute approximate surface area is 222 Å². The van der Waals surface area contributed by atoms with Gasteiger partial charge in [-0.2, -0.15) is 0 Å². The Hall–Kier alpha value is -3.17. The van der Waals surface area contributed by atoms with Crippen LogP contribution in [0.3, 0.4) is 0 Å². The molecule has 38 heavy (non-hydrogen) atoms. The van der Waals surface area contributed by atoms with Gasteiger partial charge in [-0.25, -0.2) is 9.78 Å². The molecular formula is C29H37N3O6. The number of rotatable bonds is 7. The van der Waals surface area contributed by atoms with Crippen molar-refractivity contribution in [2.24, 2.45) is 23.7 Å². The molecule has 9 heteroatoms. The second-order valence-corrected chi connectivity index (χ2v) is 11.1. The van der Waals surface area contributed by atoms with E-state index in [2.05, 4.69) is 36.1 Å². The van der Waals surface area contributed by atoms with Crippen LogP contribution >= 0.6 is 0 Å². The third kappa shape index (κ3) is 4.62. The number of carbonyl (C=O) groups is 2. The van der Waals surface area contributed by atoms with Crippen LogP contribution in [0.5, 0.6) is 0 Å². The fourth-order valence-corrected chi connectivity index (χ4v) is 6.27. The molecule has 3 N–H and O–H groups in total. The van der Waals surface area contributed by atoms with E-state index in [-0.39, 0.29) is 47.2 Å². The lowest BCUT2D eigenvalue weighted by Gasteiger charge is -2.53. The Morgan fingerprint density at radius 2 is 2.00 bits per heavy atom. The molecule has 2 aliphatic rings. The number of benzene rings is 1. The number of carbonyl (C=O) groups excluding carboxylic acids is 1. The van der Waals surface area contributed by atoms with E-state index in [1.807, 2.05) is 13.0 Å². The summed E-state index contributed by atoms with van der Waals surface area (Å²) in [6, 6.07) is 7.05. The van der Waals surface area contributed by atoms with Crippen LogP contribution in [0.4, 0.5) is 5.69 Å². The lowest BCUT2D eigenvalue weighted by atomic mass is 9.75. The highest BCUT2D eigenvalue weighted by molar-refractivity contribution is 6.06. The monoisotopic (exact) mass is 523 g/mol. The molecule has 0 aliphatic carbocycles. The minimum Gasteiger partial charge on any atom is -0.478 e. The number of anilines is 1. The van der Waals surface area contributed by atoms with Crippen molar-refractivity contribution < 1.29 is 28.6 Å². The minimum absolute atomic E-state index is 0.0407. The normalized spacial score (nSPS) is 30.4. The van der Waals surface area contributed by atoms with Crippen LogP contribution in [0, 0.1) is 23.7 Å². The Bertz CT molecular complexity index is 1320. The van der Waals surface area contributed by atoms with E-state index in [4.69, 9.17) is 13.9 Å². The summed E-state index contributed by atoms with van der Waals surface area (Å²) < 4.78 is 19.6. The highest BCUT2D eigenvalue weighted by Crippen LogP contribution is 2.48. The second-order valence-electron chi connectivity index (χ2n) is 11.1. The average Bonchev–Trinajstić information content (AvgIpc) is 3.57. The quantitative estimate of drug-likeness (QED) is 0.345. The van der Waals surface area contributed by atoms with Crippen molar-refractivity contribution in [2.75, 3.05) is 12.4 Å². The predicted molar refractivity (Wildman–Crippen MR) is 142 cm³/mol. The topological polar surface area (TPSA) is 127 Å². The number of hydrogen-bond donors (Lipinski definition) is 3. The summed E-state index contributed by atoms with van der Waals surface area (Å²) in [7, 11) is 1.68. The molecule has 2 fully saturated rings. The molecule has 2 saturated heterocycles. The SMILES string of the molecule is CNc1ccc2oc(C[C@@H]3O[C@@]4(CC[C@@H]3C)O[C@@H]([C@H](C)C(=O)c3ccc[nH]3)[C@@H](C)C[C@@H]4C)nc2c1C(=O)O. The van der Waals surface area contributed by atoms with Crippen molar-refractivity contribution in [3.05, 3.63) is 47.6 Å². The summed E-state index contributed by atoms with van der Waals surface area (Å²) in [6.45, 7) is 8.39. The molecular weight excluding hydrogens is 486 g/mol. The van der Waals surface area contributed by atoms with Gasteiger partial charge in [-0.1, -0.05) is 27.7 Å². The zero-order valence-corrected chi connectivity index (χ0v) is 22.6. The fourth-order valence-electron chi connectivity index (χ4n) is 6.27. The number of H-pyrrole nitrogens is 1. The molecule has 0 unspecified atom stereocenters. The lowest BCUT2D eigenvalue weighted by molar-refractivity contribution is -0.355. The Kier molecular flexibility index (Phi) is 7.09. The number of ketones is 1. The number of fused-ring (bicyclic) bond motifs is 1. The number of oxazole rings is 1. The van der Waals surface area contributed by atoms with E-state index in [1.165, 1.54) is 0 Å². The van der Waals surface area contributed by atoms with E-state index in [1.54, 1.807) is 31.4 Å². The molecule has 1 spiro atoms. The summed E-state index contributed by atoms with van der Waals surface area (Å²) in [4.78, 5) is 32.7. The first-order valence-corrected chi connectivity index (χ1v) is 13.5. The highest BCUT2D eigenvalue weighted by atomic mass is 16.7. The zero-order chi connectivity index (χ0) is 27.2. The smallest absolute Gasteiger partial charge is 0.340 e. The predicted octanol–water partition coefficient (Wildman–Crippen LogP) is 5.53. The molecule has 0 amide bonds. The number of nitrogens with zero attached hydrogens (tertiary/aromatic N) is 1. The van der Waals surface area contributed by atoms with Gasteiger partial charge in [-0.15, -0.1) is 0 Å². The zero-order valence-electron chi connectivity index (χ0n) is 22.6. The van der Waals surface area contributed by atoms with Crippen molar-refractivity contribution >= 4 is 28.5 Å². The van der Waals surface area contributed by atoms with Crippen LogP contribution in [0.2, 0.25) is 0 Å². The summed E-state index contributed by atoms with van der Waals surface area (Å²) in [5.74, 6) is -1.11. The molecule has 204 valence electrons. The van der Waals surface area contributed by atoms with Crippen LogP contribution in [-0.2, 0) is 15.9 Å². The number of hydrogen-bond acceptors (Lipinski definition) is 7. The van der Waals surface area contributed by atoms with E-state index < -0.39 is 11.8 Å². The highest BCUT2D eigenvalue weighted by Gasteiger charge is 2.52. The largest absolute Gasteiger partial charge is 0.478 e. The van der Waals surface area contributed by atoms with Crippen molar-refractivity contribution in [1.29, 1.82) is 0 Å². The summed E-state index contributed by atoms with van der Waals surface area (Å²) >= 11 is 0. The summed E-state index contributed by atoms with van der Waals surface area (Å²) in [5.41, 5.74) is 1.93. The first kappa shape index (κ1) is 26.4. The van der Waals surface area contributed by atoms with Gasteiger partial charge in [-0.3, -0.25) is 4.79 Å². The van der Waals surface area contributed by atoms with Crippen LogP contribution in [0.25, 0.3) is 11.1 Å². The van der Waals surface area contributed by atoms with E-state index in [0.717, 1.165) is 19.3 Å². The van der Waals surface area contributed by atoms with Crippen LogP contribution < -0.4 is 5.32 Å². The molecule has 0 saturated carbocycles. The number of carboxylic acids is 1. The standard InChI is InChI=1S/C29H37N3O6/c1-15-10-11-29(17(3)13-16(2)27(38-29)18(4)26(33)20-7-6-12-31-20)37-22(15)14-23-32-25-21(36-23)9-8-19(30-5)24(25)28(34)35/h6-9,12,15-18,22,27,30-31H,10-11,13-14H2,1-5H3,(H,34,35)/t15-,16-,17-,18+,22-,27+,29-/m0/s1. The summed E-state index contributed by atoms with van der Waals surface area (Å²) in [6.07, 6.45) is 4.22. The van der Waals surface area contributed by atoms with E-state index >= 15 is 0 Å². The van der Waals surface area contributed by atoms with Gasteiger partial charge in [0.1, 0.15) is 11.1 Å². The lowest BCUT2D eigenvalue weighted by Crippen LogP contribution is -2.58. The first-order valence-electron chi connectivity index (χ1n) is 13.5. The molecule has 5 rings (SSSR count). The minimum atomic E-state index is -1.06. The third-order valence-electron chi connectivity index (χ3n) is 8.54. The van der Waals surface area contributed by atoms with Gasteiger partial charge in [-0.05, 0) is 48.9 Å². The first-order chi connectivity index (χ1) is 18.1. The van der Waals surface area contributed by atoms with Gasteiger partial charge < -0.3 is 29.3 Å². The molecule has 2 aromatic heterocycles. The van der Waals surface area contributed by atoms with Crippen molar-refractivity contribution in [3.8, 4) is 0 Å². The van der Waals surface area contributed by atoms with Gasteiger partial charge in [0.2, 0.25) is 0 Å². The van der Waals surface area contributed by atoms with Gasteiger partial charge in [0.05, 0.1) is 30.0 Å². The maximum absolute atomic E-state index is 13.1. The molecule has 0 bridgehead atoms. The third-order valence-corrected chi connectivity index (χ3v) is 8.54. The molecule has 9 nitrogen and oxygen atoms in total. The van der Waals surface area contributed by atoms with Crippen LogP contribution in [0.15, 0.2) is 34.9 Å². The van der Waals surface area contributed by atoms with Crippen molar-refractivity contribution in [3.63, 3.8) is 0 Å². The van der Waals surface area contributed by atoms with Gasteiger partial charge >= 0.3 is 5.97 Å². The molecule has 3 aromatic rings. The maximum atomic E-state index is 13.1. The van der Waals surface area contributed by atoms with E-state index in [0.29, 0.717) is 34.8 Å².